The highest BCUT2D eigenvalue weighted by Gasteiger charge is 2.24. The summed E-state index contributed by atoms with van der Waals surface area (Å²) in [7, 11) is 0. The lowest BCUT2D eigenvalue weighted by Crippen LogP contribution is -2.24. The van der Waals surface area contributed by atoms with Crippen molar-refractivity contribution in [3.63, 3.8) is 0 Å². The Morgan fingerprint density at radius 3 is 2.90 bits per heavy atom. The molecule has 0 spiro atoms. The van der Waals surface area contributed by atoms with E-state index in [2.05, 4.69) is 16.4 Å². The first-order valence-electron chi connectivity index (χ1n) is 3.67. The van der Waals surface area contributed by atoms with Crippen LogP contribution in [0.5, 0.6) is 0 Å². The Balaban J connectivity index is 2.56. The molecule has 1 atom stereocenters. The first-order valence-corrected chi connectivity index (χ1v) is 3.67. The highest BCUT2D eigenvalue weighted by molar-refractivity contribution is 4.99. The summed E-state index contributed by atoms with van der Waals surface area (Å²) in [5, 5.41) is 3.74. The molecule has 0 aromatic carbocycles. The Kier molecular flexibility index (Phi) is 2.17. The van der Waals surface area contributed by atoms with Gasteiger partial charge in [-0.05, 0) is 24.8 Å². The van der Waals surface area contributed by atoms with Crippen molar-refractivity contribution in [2.45, 2.75) is 38.1 Å². The van der Waals surface area contributed by atoms with E-state index in [9.17, 15) is 0 Å². The number of hydrogen-bond acceptors (Lipinski definition) is 1. The van der Waals surface area contributed by atoms with Gasteiger partial charge in [0.05, 0.1) is 0 Å². The van der Waals surface area contributed by atoms with Crippen molar-refractivity contribution in [2.24, 2.45) is 5.11 Å². The molecule has 1 saturated carbocycles. The molecule has 0 saturated heterocycles. The Hall–Kier alpha value is -0.690. The minimum absolute atomic E-state index is 0.187. The van der Waals surface area contributed by atoms with E-state index >= 15 is 0 Å². The van der Waals surface area contributed by atoms with Crippen molar-refractivity contribution in [1.82, 2.24) is 0 Å². The van der Waals surface area contributed by atoms with Crippen LogP contribution in [0.25, 0.3) is 10.4 Å². The molecule has 1 aliphatic carbocycles. The van der Waals surface area contributed by atoms with Gasteiger partial charge in [-0.3, -0.25) is 0 Å². The summed E-state index contributed by atoms with van der Waals surface area (Å²) in [5.41, 5.74) is 8.03. The van der Waals surface area contributed by atoms with Crippen LogP contribution in [0.2, 0.25) is 0 Å². The van der Waals surface area contributed by atoms with Gasteiger partial charge in [0.15, 0.2) is 0 Å². The minimum atomic E-state index is -0.187. The molecule has 10 heavy (non-hydrogen) atoms. The summed E-state index contributed by atoms with van der Waals surface area (Å²) in [4.78, 5) is 2.82. The van der Waals surface area contributed by atoms with Gasteiger partial charge in [0, 0.05) is 10.5 Å². The maximum atomic E-state index is 8.22. The minimum Gasteiger partial charge on any atom is -0.0873 e. The van der Waals surface area contributed by atoms with E-state index in [1.54, 1.807) is 0 Å². The second kappa shape index (κ2) is 2.93. The van der Waals surface area contributed by atoms with E-state index in [4.69, 9.17) is 5.53 Å². The summed E-state index contributed by atoms with van der Waals surface area (Å²) in [6.45, 7) is 1.99. The van der Waals surface area contributed by atoms with Gasteiger partial charge in [0.1, 0.15) is 0 Å². The molecular formula is C7H12N3. The molecule has 1 radical (unpaired) electrons. The quantitative estimate of drug-likeness (QED) is 0.304. The van der Waals surface area contributed by atoms with Crippen LogP contribution >= 0.6 is 0 Å². The second-order valence-corrected chi connectivity index (χ2v) is 3.00. The molecule has 0 aliphatic heterocycles. The average molecular weight is 138 g/mol. The van der Waals surface area contributed by atoms with Gasteiger partial charge < -0.3 is 0 Å². The summed E-state index contributed by atoms with van der Waals surface area (Å²) in [5.74, 6) is 0. The third-order valence-corrected chi connectivity index (χ3v) is 1.99. The SMILES string of the molecule is CC1(N=[N+]=[N-])[CH]CCCC1. The van der Waals surface area contributed by atoms with Gasteiger partial charge in [-0.1, -0.05) is 24.9 Å². The highest BCUT2D eigenvalue weighted by Crippen LogP contribution is 2.29. The van der Waals surface area contributed by atoms with Crippen LogP contribution in [0.1, 0.15) is 32.6 Å². The molecule has 3 heteroatoms. The predicted octanol–water partition coefficient (Wildman–Crippen LogP) is 2.83. The monoisotopic (exact) mass is 138 g/mol. The molecule has 55 valence electrons. The third-order valence-electron chi connectivity index (χ3n) is 1.99. The molecule has 3 nitrogen and oxygen atoms in total. The fourth-order valence-corrected chi connectivity index (χ4v) is 1.34. The summed E-state index contributed by atoms with van der Waals surface area (Å²) >= 11 is 0. The molecule has 0 bridgehead atoms. The van der Waals surface area contributed by atoms with Gasteiger partial charge in [-0.2, -0.15) is 0 Å². The largest absolute Gasteiger partial charge is 0.0873 e. The van der Waals surface area contributed by atoms with Crippen molar-refractivity contribution in [3.8, 4) is 0 Å². The maximum absolute atomic E-state index is 8.22. The van der Waals surface area contributed by atoms with Crippen molar-refractivity contribution >= 4 is 0 Å². The molecule has 0 aromatic rings. The molecule has 1 rings (SSSR count). The third kappa shape index (κ3) is 1.64. The van der Waals surface area contributed by atoms with Crippen LogP contribution in [0.4, 0.5) is 0 Å². The van der Waals surface area contributed by atoms with Gasteiger partial charge in [-0.15, -0.1) is 0 Å². The zero-order valence-electron chi connectivity index (χ0n) is 6.25. The van der Waals surface area contributed by atoms with Crippen LogP contribution in [0.3, 0.4) is 0 Å². The van der Waals surface area contributed by atoms with Crippen molar-refractivity contribution in [3.05, 3.63) is 16.9 Å². The number of nitrogens with zero attached hydrogens (tertiary/aromatic N) is 3. The Labute approximate surface area is 61.1 Å². The zero-order chi connectivity index (χ0) is 7.45. The Morgan fingerprint density at radius 2 is 2.40 bits per heavy atom. The molecule has 1 aliphatic rings. The molecule has 1 fully saturated rings. The smallest absolute Gasteiger partial charge is 0.0491 e. The summed E-state index contributed by atoms with van der Waals surface area (Å²) in [6.07, 6.45) is 6.66. The van der Waals surface area contributed by atoms with Crippen molar-refractivity contribution in [2.75, 3.05) is 0 Å². The molecular weight excluding hydrogens is 126 g/mol. The second-order valence-electron chi connectivity index (χ2n) is 3.00. The van der Waals surface area contributed by atoms with Crippen molar-refractivity contribution < 1.29 is 0 Å². The Morgan fingerprint density at radius 1 is 1.60 bits per heavy atom. The Bertz CT molecular complexity index is 152. The van der Waals surface area contributed by atoms with E-state index in [1.165, 1.54) is 12.8 Å². The van der Waals surface area contributed by atoms with Crippen LogP contribution in [0.15, 0.2) is 5.11 Å². The molecule has 0 aromatic heterocycles. The highest BCUT2D eigenvalue weighted by atomic mass is 15.2. The topological polar surface area (TPSA) is 48.8 Å². The lowest BCUT2D eigenvalue weighted by atomic mass is 9.84. The predicted molar refractivity (Wildman–Crippen MR) is 40.3 cm³/mol. The normalized spacial score (nSPS) is 23.3. The number of rotatable bonds is 1. The summed E-state index contributed by atoms with van der Waals surface area (Å²) in [6, 6.07) is 0. The first-order chi connectivity index (χ1) is 4.77. The fraction of sp³-hybridized carbons (Fsp3) is 0.857. The van der Waals surface area contributed by atoms with Crippen molar-refractivity contribution in [1.29, 1.82) is 0 Å². The summed E-state index contributed by atoms with van der Waals surface area (Å²) < 4.78 is 0. The van der Waals surface area contributed by atoms with E-state index < -0.39 is 0 Å². The van der Waals surface area contributed by atoms with Gasteiger partial charge in [0.25, 0.3) is 0 Å². The van der Waals surface area contributed by atoms with Crippen LogP contribution in [0, 0.1) is 6.42 Å². The fourth-order valence-electron chi connectivity index (χ4n) is 1.34. The van der Waals surface area contributed by atoms with E-state index in [0.717, 1.165) is 12.8 Å². The van der Waals surface area contributed by atoms with Crippen LogP contribution in [-0.4, -0.2) is 5.54 Å². The van der Waals surface area contributed by atoms with E-state index in [-0.39, 0.29) is 5.54 Å². The van der Waals surface area contributed by atoms with E-state index in [1.807, 2.05) is 6.92 Å². The van der Waals surface area contributed by atoms with E-state index in [0.29, 0.717) is 0 Å². The molecule has 0 N–H and O–H groups in total. The zero-order valence-corrected chi connectivity index (χ0v) is 6.25. The number of azide groups is 1. The van der Waals surface area contributed by atoms with Gasteiger partial charge in [-0.25, -0.2) is 0 Å². The molecule has 1 unspecified atom stereocenters. The molecule has 0 heterocycles. The standard InChI is InChI=1S/C7H12N3/c1-7(9-10-8)5-3-2-4-6-7/h5H,2-4,6H2,1H3. The average Bonchev–Trinajstić information content (AvgIpc) is 1.89. The van der Waals surface area contributed by atoms with Gasteiger partial charge in [0.2, 0.25) is 0 Å². The number of hydrogen-bond donors (Lipinski definition) is 0. The maximum Gasteiger partial charge on any atom is 0.0491 e. The first kappa shape index (κ1) is 7.42. The van der Waals surface area contributed by atoms with Gasteiger partial charge >= 0.3 is 0 Å². The lowest BCUT2D eigenvalue weighted by Gasteiger charge is -2.27. The molecule has 0 amide bonds. The van der Waals surface area contributed by atoms with Crippen LogP contribution < -0.4 is 0 Å². The lowest BCUT2D eigenvalue weighted by molar-refractivity contribution is 0.405. The van der Waals surface area contributed by atoms with Crippen LogP contribution in [-0.2, 0) is 0 Å².